The van der Waals surface area contributed by atoms with Crippen LogP contribution in [0.5, 0.6) is 5.75 Å². The molecular formula is C15H22FNO. The molecule has 1 aromatic carbocycles. The fraction of sp³-hybridized carbons (Fsp3) is 0.600. The molecule has 1 unspecified atom stereocenters. The standard InChI is InChI=1S/C15H22FNO/c1-18-12-7-8-13(14(16)10-12)15(17)9-6-11-4-2-3-5-11/h7-8,10-11,15H,2-6,9,17H2,1H3. The van der Waals surface area contributed by atoms with E-state index in [0.717, 1.165) is 18.8 Å². The summed E-state index contributed by atoms with van der Waals surface area (Å²) in [4.78, 5) is 0. The van der Waals surface area contributed by atoms with E-state index in [1.165, 1.54) is 38.9 Å². The van der Waals surface area contributed by atoms with E-state index in [2.05, 4.69) is 0 Å². The molecule has 0 heterocycles. The van der Waals surface area contributed by atoms with Gasteiger partial charge in [-0.25, -0.2) is 4.39 Å². The van der Waals surface area contributed by atoms with Crippen LogP contribution < -0.4 is 10.5 Å². The molecule has 1 fully saturated rings. The smallest absolute Gasteiger partial charge is 0.131 e. The zero-order valence-corrected chi connectivity index (χ0v) is 11.0. The molecule has 0 bridgehead atoms. The minimum absolute atomic E-state index is 0.198. The third-order valence-corrected chi connectivity index (χ3v) is 3.97. The molecule has 0 aliphatic heterocycles. The first kappa shape index (κ1) is 13.3. The lowest BCUT2D eigenvalue weighted by molar-refractivity contribution is 0.408. The number of ether oxygens (including phenoxy) is 1. The Labute approximate surface area is 108 Å². The number of methoxy groups -OCH3 is 1. The lowest BCUT2D eigenvalue weighted by Crippen LogP contribution is -2.13. The topological polar surface area (TPSA) is 35.2 Å². The summed E-state index contributed by atoms with van der Waals surface area (Å²) in [5, 5.41) is 0. The largest absolute Gasteiger partial charge is 0.497 e. The molecule has 0 saturated heterocycles. The average molecular weight is 251 g/mol. The molecule has 0 amide bonds. The number of halogens is 1. The lowest BCUT2D eigenvalue weighted by atomic mass is 9.95. The van der Waals surface area contributed by atoms with E-state index in [1.807, 2.05) is 0 Å². The van der Waals surface area contributed by atoms with Crippen LogP contribution in [0.15, 0.2) is 18.2 Å². The van der Waals surface area contributed by atoms with Crippen molar-refractivity contribution in [3.05, 3.63) is 29.6 Å². The fourth-order valence-electron chi connectivity index (χ4n) is 2.81. The highest BCUT2D eigenvalue weighted by Gasteiger charge is 2.18. The van der Waals surface area contributed by atoms with Crippen LogP contribution in [0.3, 0.4) is 0 Å². The van der Waals surface area contributed by atoms with Crippen LogP contribution >= 0.6 is 0 Å². The Kier molecular flexibility index (Phi) is 4.59. The van der Waals surface area contributed by atoms with Crippen molar-refractivity contribution in [2.24, 2.45) is 11.7 Å². The van der Waals surface area contributed by atoms with E-state index in [9.17, 15) is 4.39 Å². The van der Waals surface area contributed by atoms with Crippen LogP contribution in [0.25, 0.3) is 0 Å². The predicted octanol–water partition coefficient (Wildman–Crippen LogP) is 3.80. The number of rotatable bonds is 5. The molecule has 2 N–H and O–H groups in total. The Hall–Kier alpha value is -1.09. The van der Waals surface area contributed by atoms with Gasteiger partial charge in [-0.2, -0.15) is 0 Å². The minimum Gasteiger partial charge on any atom is -0.497 e. The summed E-state index contributed by atoms with van der Waals surface area (Å²) in [6, 6.07) is 4.73. The van der Waals surface area contributed by atoms with Gasteiger partial charge in [0, 0.05) is 17.7 Å². The number of hydrogen-bond acceptors (Lipinski definition) is 2. The normalized spacial score (nSPS) is 17.9. The highest BCUT2D eigenvalue weighted by molar-refractivity contribution is 5.30. The van der Waals surface area contributed by atoms with E-state index in [1.54, 1.807) is 12.1 Å². The summed E-state index contributed by atoms with van der Waals surface area (Å²) >= 11 is 0. The summed E-state index contributed by atoms with van der Waals surface area (Å²) in [7, 11) is 1.54. The molecule has 0 spiro atoms. The van der Waals surface area contributed by atoms with Crippen LogP contribution in [0.4, 0.5) is 4.39 Å². The molecule has 1 aliphatic rings. The minimum atomic E-state index is -0.256. The molecule has 0 radical (unpaired) electrons. The van der Waals surface area contributed by atoms with Gasteiger partial charge in [0.15, 0.2) is 0 Å². The van der Waals surface area contributed by atoms with Crippen LogP contribution in [0.2, 0.25) is 0 Å². The van der Waals surface area contributed by atoms with Gasteiger partial charge in [-0.15, -0.1) is 0 Å². The number of benzene rings is 1. The van der Waals surface area contributed by atoms with Crippen molar-refractivity contribution in [3.63, 3.8) is 0 Å². The van der Waals surface area contributed by atoms with Crippen molar-refractivity contribution in [2.45, 2.75) is 44.6 Å². The summed E-state index contributed by atoms with van der Waals surface area (Å²) in [5.41, 5.74) is 6.69. The average Bonchev–Trinajstić information content (AvgIpc) is 2.88. The van der Waals surface area contributed by atoms with Gasteiger partial charge in [0.1, 0.15) is 11.6 Å². The molecule has 1 saturated carbocycles. The van der Waals surface area contributed by atoms with Crippen LogP contribution in [-0.4, -0.2) is 7.11 Å². The van der Waals surface area contributed by atoms with Crippen molar-refractivity contribution < 1.29 is 9.13 Å². The summed E-state index contributed by atoms with van der Waals surface area (Å²) in [6.45, 7) is 0. The fourth-order valence-corrected chi connectivity index (χ4v) is 2.81. The van der Waals surface area contributed by atoms with Crippen LogP contribution in [0.1, 0.15) is 50.1 Å². The highest BCUT2D eigenvalue weighted by Crippen LogP contribution is 2.31. The molecule has 3 heteroatoms. The van der Waals surface area contributed by atoms with E-state index in [-0.39, 0.29) is 11.9 Å². The number of nitrogens with two attached hydrogens (primary N) is 1. The van der Waals surface area contributed by atoms with E-state index in [4.69, 9.17) is 10.5 Å². The summed E-state index contributed by atoms with van der Waals surface area (Å²) in [5.74, 6) is 1.09. The molecule has 18 heavy (non-hydrogen) atoms. The van der Waals surface area contributed by atoms with Crippen molar-refractivity contribution in [1.29, 1.82) is 0 Å². The molecule has 1 aliphatic carbocycles. The van der Waals surface area contributed by atoms with Gasteiger partial charge in [-0.3, -0.25) is 0 Å². The van der Waals surface area contributed by atoms with Gasteiger partial charge < -0.3 is 10.5 Å². The van der Waals surface area contributed by atoms with Crippen molar-refractivity contribution in [3.8, 4) is 5.75 Å². The molecule has 2 nitrogen and oxygen atoms in total. The third kappa shape index (κ3) is 3.22. The van der Waals surface area contributed by atoms with Gasteiger partial charge in [0.2, 0.25) is 0 Å². The van der Waals surface area contributed by atoms with Gasteiger partial charge in [0.25, 0.3) is 0 Å². The van der Waals surface area contributed by atoms with Gasteiger partial charge >= 0.3 is 0 Å². The second kappa shape index (κ2) is 6.19. The maximum atomic E-state index is 13.8. The van der Waals surface area contributed by atoms with Crippen LogP contribution in [-0.2, 0) is 0 Å². The second-order valence-corrected chi connectivity index (χ2v) is 5.22. The zero-order valence-electron chi connectivity index (χ0n) is 11.0. The second-order valence-electron chi connectivity index (χ2n) is 5.22. The Morgan fingerprint density at radius 2 is 2.11 bits per heavy atom. The first-order valence-electron chi connectivity index (χ1n) is 6.79. The summed E-state index contributed by atoms with van der Waals surface area (Å²) in [6.07, 6.45) is 7.31. The number of hydrogen-bond donors (Lipinski definition) is 1. The Morgan fingerprint density at radius 1 is 1.39 bits per heavy atom. The third-order valence-electron chi connectivity index (χ3n) is 3.97. The van der Waals surface area contributed by atoms with Crippen molar-refractivity contribution >= 4 is 0 Å². The monoisotopic (exact) mass is 251 g/mol. The first-order chi connectivity index (χ1) is 8.70. The van der Waals surface area contributed by atoms with Crippen LogP contribution in [0, 0.1) is 11.7 Å². The lowest BCUT2D eigenvalue weighted by Gasteiger charge is -2.16. The van der Waals surface area contributed by atoms with Gasteiger partial charge in [-0.1, -0.05) is 31.7 Å². The molecule has 1 aromatic rings. The maximum absolute atomic E-state index is 13.8. The Balaban J connectivity index is 1.93. The van der Waals surface area contributed by atoms with E-state index < -0.39 is 0 Å². The maximum Gasteiger partial charge on any atom is 0.131 e. The van der Waals surface area contributed by atoms with Gasteiger partial charge in [-0.05, 0) is 24.8 Å². The quantitative estimate of drug-likeness (QED) is 0.863. The van der Waals surface area contributed by atoms with E-state index >= 15 is 0 Å². The molecule has 1 atom stereocenters. The Bertz CT molecular complexity index is 388. The Morgan fingerprint density at radius 3 is 2.72 bits per heavy atom. The molecule has 0 aromatic heterocycles. The molecular weight excluding hydrogens is 229 g/mol. The van der Waals surface area contributed by atoms with Crippen molar-refractivity contribution in [2.75, 3.05) is 7.11 Å². The SMILES string of the molecule is COc1ccc(C(N)CCC2CCCC2)c(F)c1. The molecule has 2 rings (SSSR count). The zero-order chi connectivity index (χ0) is 13.0. The highest BCUT2D eigenvalue weighted by atomic mass is 19.1. The first-order valence-corrected chi connectivity index (χ1v) is 6.79. The van der Waals surface area contributed by atoms with Gasteiger partial charge in [0.05, 0.1) is 7.11 Å². The van der Waals surface area contributed by atoms with Crippen molar-refractivity contribution in [1.82, 2.24) is 0 Å². The predicted molar refractivity (Wildman–Crippen MR) is 71.1 cm³/mol. The molecule has 100 valence electrons. The van der Waals surface area contributed by atoms with E-state index in [0.29, 0.717) is 11.3 Å². The summed E-state index contributed by atoms with van der Waals surface area (Å²) < 4.78 is 18.8.